The summed E-state index contributed by atoms with van der Waals surface area (Å²) in [6, 6.07) is 0. The average molecular weight is 208 g/mol. The average Bonchev–Trinajstić information content (AvgIpc) is 3.10. The van der Waals surface area contributed by atoms with E-state index in [1.165, 1.54) is 19.3 Å². The molecule has 0 bridgehead atoms. The van der Waals surface area contributed by atoms with Gasteiger partial charge in [-0.15, -0.1) is 0 Å². The number of nitrogens with zero attached hydrogens (tertiary/aromatic N) is 1. The van der Waals surface area contributed by atoms with E-state index in [1.807, 2.05) is 0 Å². The van der Waals surface area contributed by atoms with Gasteiger partial charge in [0.25, 0.3) is 0 Å². The second kappa shape index (κ2) is 3.21. The lowest BCUT2D eigenvalue weighted by Gasteiger charge is -2.22. The van der Waals surface area contributed by atoms with Crippen LogP contribution in [0.5, 0.6) is 0 Å². The first-order valence-electron chi connectivity index (χ1n) is 6.34. The molecular weight excluding hydrogens is 188 g/mol. The molecule has 1 spiro atoms. The van der Waals surface area contributed by atoms with Crippen molar-refractivity contribution in [2.45, 2.75) is 57.2 Å². The predicted molar refractivity (Wildman–Crippen MR) is 58.2 cm³/mol. The summed E-state index contributed by atoms with van der Waals surface area (Å²) in [6.45, 7) is 3.15. The fraction of sp³-hybridized carbons (Fsp3) is 0.917. The molecule has 1 atom stereocenters. The Morgan fingerprint density at radius 1 is 1.47 bits per heavy atom. The van der Waals surface area contributed by atoms with Crippen molar-refractivity contribution in [2.75, 3.05) is 6.54 Å². The Balaban J connectivity index is 1.65. The van der Waals surface area contributed by atoms with Gasteiger partial charge in [0.05, 0.1) is 11.7 Å². The molecule has 2 aliphatic carbocycles. The van der Waals surface area contributed by atoms with Crippen molar-refractivity contribution in [1.82, 2.24) is 10.2 Å². The van der Waals surface area contributed by atoms with Crippen molar-refractivity contribution in [1.29, 1.82) is 0 Å². The van der Waals surface area contributed by atoms with E-state index in [9.17, 15) is 4.79 Å². The topological polar surface area (TPSA) is 32.3 Å². The maximum absolute atomic E-state index is 12.2. The smallest absolute Gasteiger partial charge is 0.244 e. The Morgan fingerprint density at radius 3 is 2.73 bits per heavy atom. The molecule has 1 aliphatic heterocycles. The third-order valence-corrected chi connectivity index (χ3v) is 4.10. The molecule has 2 saturated carbocycles. The molecule has 1 amide bonds. The minimum absolute atomic E-state index is 0.107. The predicted octanol–water partition coefficient (Wildman–Crippen LogP) is 1.49. The standard InChI is InChI=1S/C12H20N2O/c1-2-10-13-12(6-7-12)11(15)14(10)8-5-9-3-4-9/h9-10,13H,2-8H2,1H3. The summed E-state index contributed by atoms with van der Waals surface area (Å²) in [7, 11) is 0. The van der Waals surface area contributed by atoms with Crippen molar-refractivity contribution >= 4 is 5.91 Å². The number of hydrogen-bond donors (Lipinski definition) is 1. The Labute approximate surface area is 91.2 Å². The second-order valence-electron chi connectivity index (χ2n) is 5.38. The van der Waals surface area contributed by atoms with Crippen LogP contribution >= 0.6 is 0 Å². The van der Waals surface area contributed by atoms with E-state index < -0.39 is 0 Å². The number of amides is 1. The van der Waals surface area contributed by atoms with Crippen molar-refractivity contribution in [3.05, 3.63) is 0 Å². The first-order chi connectivity index (χ1) is 7.25. The molecule has 1 heterocycles. The first kappa shape index (κ1) is 9.64. The summed E-state index contributed by atoms with van der Waals surface area (Å²) in [5, 5.41) is 3.51. The van der Waals surface area contributed by atoms with Crippen molar-refractivity contribution in [3.8, 4) is 0 Å². The maximum Gasteiger partial charge on any atom is 0.244 e. The van der Waals surface area contributed by atoms with Gasteiger partial charge in [0, 0.05) is 6.54 Å². The molecule has 3 rings (SSSR count). The van der Waals surface area contributed by atoms with E-state index >= 15 is 0 Å². The quantitative estimate of drug-likeness (QED) is 0.759. The molecule has 3 nitrogen and oxygen atoms in total. The molecule has 3 fully saturated rings. The highest BCUT2D eigenvalue weighted by molar-refractivity contribution is 5.91. The molecule has 3 heteroatoms. The molecular formula is C12H20N2O. The summed E-state index contributed by atoms with van der Waals surface area (Å²) in [6.07, 6.45) is 7.47. The van der Waals surface area contributed by atoms with Gasteiger partial charge in [0.2, 0.25) is 5.91 Å². The van der Waals surface area contributed by atoms with Crippen molar-refractivity contribution < 1.29 is 4.79 Å². The number of carbonyl (C=O) groups excluding carboxylic acids is 1. The molecule has 84 valence electrons. The lowest BCUT2D eigenvalue weighted by molar-refractivity contribution is -0.130. The van der Waals surface area contributed by atoms with Gasteiger partial charge in [-0.25, -0.2) is 0 Å². The summed E-state index contributed by atoms with van der Waals surface area (Å²) in [4.78, 5) is 14.3. The van der Waals surface area contributed by atoms with E-state index in [1.54, 1.807) is 0 Å². The van der Waals surface area contributed by atoms with E-state index in [0.717, 1.165) is 31.7 Å². The van der Waals surface area contributed by atoms with E-state index in [4.69, 9.17) is 0 Å². The Morgan fingerprint density at radius 2 is 2.20 bits per heavy atom. The first-order valence-corrected chi connectivity index (χ1v) is 6.34. The maximum atomic E-state index is 12.2. The third kappa shape index (κ3) is 1.57. The highest BCUT2D eigenvalue weighted by Crippen LogP contribution is 2.43. The fourth-order valence-electron chi connectivity index (χ4n) is 2.67. The van der Waals surface area contributed by atoms with Crippen LogP contribution in [0.4, 0.5) is 0 Å². The number of carbonyl (C=O) groups is 1. The van der Waals surface area contributed by atoms with Gasteiger partial charge in [-0.1, -0.05) is 19.8 Å². The minimum Gasteiger partial charge on any atom is -0.326 e. The molecule has 1 saturated heterocycles. The number of rotatable bonds is 4. The zero-order valence-electron chi connectivity index (χ0n) is 9.46. The SMILES string of the molecule is CCC1NC2(CC2)C(=O)N1CCC1CC1. The van der Waals surface area contributed by atoms with Crippen LogP contribution in [0, 0.1) is 5.92 Å². The van der Waals surface area contributed by atoms with Crippen LogP contribution < -0.4 is 5.32 Å². The number of hydrogen-bond acceptors (Lipinski definition) is 2. The van der Waals surface area contributed by atoms with Gasteiger partial charge in [-0.2, -0.15) is 0 Å². The van der Waals surface area contributed by atoms with Gasteiger partial charge in [-0.05, 0) is 31.6 Å². The molecule has 0 radical (unpaired) electrons. The van der Waals surface area contributed by atoms with E-state index in [0.29, 0.717) is 12.1 Å². The lowest BCUT2D eigenvalue weighted by atomic mass is 10.2. The Kier molecular flexibility index (Phi) is 2.06. The summed E-state index contributed by atoms with van der Waals surface area (Å²) in [5.74, 6) is 1.31. The van der Waals surface area contributed by atoms with Crippen LogP contribution in [0.2, 0.25) is 0 Å². The molecule has 3 aliphatic rings. The largest absolute Gasteiger partial charge is 0.326 e. The van der Waals surface area contributed by atoms with Gasteiger partial charge in [0.15, 0.2) is 0 Å². The van der Waals surface area contributed by atoms with Crippen LogP contribution in [-0.2, 0) is 4.79 Å². The highest BCUT2D eigenvalue weighted by atomic mass is 16.2. The van der Waals surface area contributed by atoms with Crippen LogP contribution in [0.15, 0.2) is 0 Å². The summed E-state index contributed by atoms with van der Waals surface area (Å²) < 4.78 is 0. The van der Waals surface area contributed by atoms with Crippen LogP contribution in [0.25, 0.3) is 0 Å². The summed E-state index contributed by atoms with van der Waals surface area (Å²) >= 11 is 0. The van der Waals surface area contributed by atoms with Gasteiger partial charge < -0.3 is 4.90 Å². The van der Waals surface area contributed by atoms with Crippen molar-refractivity contribution in [2.24, 2.45) is 5.92 Å². The number of nitrogens with one attached hydrogen (secondary N) is 1. The summed E-state index contributed by atoms with van der Waals surface area (Å²) in [5.41, 5.74) is -0.107. The third-order valence-electron chi connectivity index (χ3n) is 4.10. The van der Waals surface area contributed by atoms with Crippen LogP contribution in [0.1, 0.15) is 45.4 Å². The molecule has 0 aromatic heterocycles. The monoisotopic (exact) mass is 208 g/mol. The van der Waals surface area contributed by atoms with Crippen LogP contribution in [-0.4, -0.2) is 29.1 Å². The molecule has 1 unspecified atom stereocenters. The van der Waals surface area contributed by atoms with E-state index in [-0.39, 0.29) is 5.54 Å². The van der Waals surface area contributed by atoms with Gasteiger partial charge in [0.1, 0.15) is 0 Å². The normalized spacial score (nSPS) is 32.7. The molecule has 1 N–H and O–H groups in total. The fourth-order valence-corrected chi connectivity index (χ4v) is 2.67. The minimum atomic E-state index is -0.107. The highest BCUT2D eigenvalue weighted by Gasteiger charge is 2.58. The zero-order chi connectivity index (χ0) is 10.5. The molecule has 0 aromatic carbocycles. The zero-order valence-corrected chi connectivity index (χ0v) is 9.46. The lowest BCUT2D eigenvalue weighted by Crippen LogP contribution is -2.37. The van der Waals surface area contributed by atoms with Crippen LogP contribution in [0.3, 0.4) is 0 Å². The van der Waals surface area contributed by atoms with Gasteiger partial charge >= 0.3 is 0 Å². The Bertz CT molecular complexity index is 281. The van der Waals surface area contributed by atoms with Gasteiger partial charge in [-0.3, -0.25) is 10.1 Å². The van der Waals surface area contributed by atoms with Crippen molar-refractivity contribution in [3.63, 3.8) is 0 Å². The van der Waals surface area contributed by atoms with E-state index in [2.05, 4.69) is 17.1 Å². The Hall–Kier alpha value is -0.570. The second-order valence-corrected chi connectivity index (χ2v) is 5.38. The molecule has 15 heavy (non-hydrogen) atoms. The molecule has 0 aromatic rings.